The van der Waals surface area contributed by atoms with Crippen LogP contribution < -0.4 is 15.5 Å². The molecule has 0 spiro atoms. The fourth-order valence-electron chi connectivity index (χ4n) is 4.55. The van der Waals surface area contributed by atoms with E-state index < -0.39 is 5.97 Å². The standard InChI is InChI=1S/C28H37N3O3/c1-19(2)18-31(24-8-6-5-7-9-24)26-15-12-22(21(4)16-27(32)33)17-25(26)30-28(34)29-23-13-10-20(3)11-14-23/h10-17,19,24H,5-9,18H2,1-4H3,(H,32,33)(H2,29,30,34)/b21-16+. The number of carbonyl (C=O) groups excluding carboxylic acids is 1. The van der Waals surface area contributed by atoms with Gasteiger partial charge in [0.25, 0.3) is 0 Å². The molecule has 1 saturated carbocycles. The average molecular weight is 464 g/mol. The summed E-state index contributed by atoms with van der Waals surface area (Å²) < 4.78 is 0. The quantitative estimate of drug-likeness (QED) is 0.371. The molecule has 1 fully saturated rings. The van der Waals surface area contributed by atoms with E-state index in [1.54, 1.807) is 6.92 Å². The van der Waals surface area contributed by atoms with Crippen LogP contribution in [0.1, 0.15) is 64.0 Å². The van der Waals surface area contributed by atoms with Crippen molar-refractivity contribution in [2.24, 2.45) is 5.92 Å². The Morgan fingerprint density at radius 2 is 1.74 bits per heavy atom. The maximum absolute atomic E-state index is 12.9. The minimum Gasteiger partial charge on any atom is -0.478 e. The second kappa shape index (κ2) is 11.7. The van der Waals surface area contributed by atoms with Crippen molar-refractivity contribution in [3.63, 3.8) is 0 Å². The number of hydrogen-bond acceptors (Lipinski definition) is 3. The van der Waals surface area contributed by atoms with E-state index in [4.69, 9.17) is 0 Å². The molecule has 2 amide bonds. The SMILES string of the molecule is C/C(=C\C(=O)O)c1ccc(N(CC(C)C)C2CCCCC2)c(NC(=O)Nc2ccc(C)cc2)c1. The Hall–Kier alpha value is -3.28. The molecule has 6 nitrogen and oxygen atoms in total. The van der Waals surface area contributed by atoms with Gasteiger partial charge >= 0.3 is 12.0 Å². The van der Waals surface area contributed by atoms with E-state index in [1.165, 1.54) is 25.3 Å². The number of rotatable bonds is 8. The molecule has 0 unspecified atom stereocenters. The van der Waals surface area contributed by atoms with Gasteiger partial charge in [-0.3, -0.25) is 0 Å². The van der Waals surface area contributed by atoms with Crippen molar-refractivity contribution >= 4 is 34.6 Å². The molecule has 6 heteroatoms. The van der Waals surface area contributed by atoms with Crippen LogP contribution in [0.25, 0.3) is 5.57 Å². The molecule has 3 rings (SSSR count). The lowest BCUT2D eigenvalue weighted by atomic mass is 9.92. The molecule has 0 aliphatic heterocycles. The zero-order valence-electron chi connectivity index (χ0n) is 20.7. The molecule has 0 radical (unpaired) electrons. The number of carboxylic acids is 1. The molecule has 1 aliphatic carbocycles. The fourth-order valence-corrected chi connectivity index (χ4v) is 4.55. The molecule has 3 N–H and O–H groups in total. The largest absolute Gasteiger partial charge is 0.478 e. The summed E-state index contributed by atoms with van der Waals surface area (Å²) in [7, 11) is 0. The monoisotopic (exact) mass is 463 g/mol. The first-order valence-corrected chi connectivity index (χ1v) is 12.2. The Morgan fingerprint density at radius 3 is 2.35 bits per heavy atom. The minimum atomic E-state index is -0.989. The van der Waals surface area contributed by atoms with E-state index in [0.717, 1.165) is 36.2 Å². The molecule has 1 aliphatic rings. The first kappa shape index (κ1) is 25.3. The van der Waals surface area contributed by atoms with Crippen LogP contribution in [0.3, 0.4) is 0 Å². The van der Waals surface area contributed by atoms with E-state index in [9.17, 15) is 14.7 Å². The van der Waals surface area contributed by atoms with Crippen LogP contribution in [0, 0.1) is 12.8 Å². The Balaban J connectivity index is 1.96. The van der Waals surface area contributed by atoms with Gasteiger partial charge in [0.05, 0.1) is 11.4 Å². The average Bonchev–Trinajstić information content (AvgIpc) is 2.79. The number of urea groups is 1. The number of allylic oxidation sites excluding steroid dienone is 1. The third-order valence-electron chi connectivity index (χ3n) is 6.24. The van der Waals surface area contributed by atoms with Crippen LogP contribution >= 0.6 is 0 Å². The number of nitrogens with zero attached hydrogens (tertiary/aromatic N) is 1. The Labute approximate surface area is 203 Å². The Morgan fingerprint density at radius 1 is 1.06 bits per heavy atom. The highest BCUT2D eigenvalue weighted by atomic mass is 16.4. The van der Waals surface area contributed by atoms with E-state index in [0.29, 0.717) is 28.9 Å². The number of aliphatic carboxylic acids is 1. The molecular weight excluding hydrogens is 426 g/mol. The van der Waals surface area contributed by atoms with Gasteiger partial charge in [0.2, 0.25) is 0 Å². The summed E-state index contributed by atoms with van der Waals surface area (Å²) in [6.07, 6.45) is 7.18. The van der Waals surface area contributed by atoms with Gasteiger partial charge < -0.3 is 20.6 Å². The highest BCUT2D eigenvalue weighted by Gasteiger charge is 2.25. The van der Waals surface area contributed by atoms with Crippen LogP contribution in [0.15, 0.2) is 48.5 Å². The van der Waals surface area contributed by atoms with Gasteiger partial charge in [0.15, 0.2) is 0 Å². The molecule has 0 saturated heterocycles. The van der Waals surface area contributed by atoms with Crippen molar-refractivity contribution in [1.82, 2.24) is 0 Å². The fraction of sp³-hybridized carbons (Fsp3) is 0.429. The van der Waals surface area contributed by atoms with Crippen molar-refractivity contribution in [2.45, 2.75) is 65.8 Å². The molecule has 0 heterocycles. The maximum Gasteiger partial charge on any atom is 0.328 e. The van der Waals surface area contributed by atoms with Crippen molar-refractivity contribution in [3.05, 3.63) is 59.7 Å². The number of carbonyl (C=O) groups is 2. The second-order valence-corrected chi connectivity index (χ2v) is 9.68. The van der Waals surface area contributed by atoms with Gasteiger partial charge in [-0.05, 0) is 68.0 Å². The van der Waals surface area contributed by atoms with Crippen molar-refractivity contribution in [1.29, 1.82) is 0 Å². The number of carboxylic acid groups (broad SMARTS) is 1. The lowest BCUT2D eigenvalue weighted by Crippen LogP contribution is -2.40. The van der Waals surface area contributed by atoms with Crippen molar-refractivity contribution in [3.8, 4) is 0 Å². The van der Waals surface area contributed by atoms with Crippen LogP contribution in [0.2, 0.25) is 0 Å². The zero-order valence-corrected chi connectivity index (χ0v) is 20.7. The Bertz CT molecular complexity index is 1020. The summed E-state index contributed by atoms with van der Waals surface area (Å²) in [5, 5.41) is 15.1. The van der Waals surface area contributed by atoms with Crippen LogP contribution in [0.4, 0.5) is 21.9 Å². The highest BCUT2D eigenvalue weighted by molar-refractivity contribution is 6.02. The third-order valence-corrected chi connectivity index (χ3v) is 6.24. The third kappa shape index (κ3) is 7.11. The molecular formula is C28H37N3O3. The van der Waals surface area contributed by atoms with Crippen LogP contribution in [-0.2, 0) is 4.79 Å². The lowest BCUT2D eigenvalue weighted by Gasteiger charge is -2.38. The summed E-state index contributed by atoms with van der Waals surface area (Å²) >= 11 is 0. The normalized spacial score (nSPS) is 14.7. The van der Waals surface area contributed by atoms with Gasteiger partial charge in [-0.25, -0.2) is 9.59 Å². The predicted molar refractivity (Wildman–Crippen MR) is 141 cm³/mol. The van der Waals surface area contributed by atoms with E-state index >= 15 is 0 Å². The van der Waals surface area contributed by atoms with Gasteiger partial charge in [0, 0.05) is 24.4 Å². The maximum atomic E-state index is 12.9. The molecule has 0 atom stereocenters. The summed E-state index contributed by atoms with van der Waals surface area (Å²) in [6, 6.07) is 13.6. The van der Waals surface area contributed by atoms with Gasteiger partial charge in [-0.1, -0.05) is 56.9 Å². The molecule has 2 aromatic carbocycles. The minimum absolute atomic E-state index is 0.324. The zero-order chi connectivity index (χ0) is 24.7. The summed E-state index contributed by atoms with van der Waals surface area (Å²) in [4.78, 5) is 26.6. The number of amides is 2. The van der Waals surface area contributed by atoms with E-state index in [2.05, 4.69) is 29.4 Å². The lowest BCUT2D eigenvalue weighted by molar-refractivity contribution is -0.131. The van der Waals surface area contributed by atoms with Gasteiger partial charge in [-0.2, -0.15) is 0 Å². The van der Waals surface area contributed by atoms with Crippen LogP contribution in [-0.4, -0.2) is 29.7 Å². The van der Waals surface area contributed by atoms with E-state index in [1.807, 2.05) is 49.4 Å². The van der Waals surface area contributed by atoms with E-state index in [-0.39, 0.29) is 6.03 Å². The summed E-state index contributed by atoms with van der Waals surface area (Å²) in [5.74, 6) is -0.527. The summed E-state index contributed by atoms with van der Waals surface area (Å²) in [6.45, 7) is 9.08. The second-order valence-electron chi connectivity index (χ2n) is 9.68. The molecule has 34 heavy (non-hydrogen) atoms. The number of aryl methyl sites for hydroxylation is 1. The molecule has 2 aromatic rings. The first-order chi connectivity index (χ1) is 16.2. The van der Waals surface area contributed by atoms with Crippen molar-refractivity contribution < 1.29 is 14.7 Å². The highest BCUT2D eigenvalue weighted by Crippen LogP contribution is 2.35. The number of nitrogens with one attached hydrogen (secondary N) is 2. The molecule has 0 bridgehead atoms. The van der Waals surface area contributed by atoms with Gasteiger partial charge in [0.1, 0.15) is 0 Å². The van der Waals surface area contributed by atoms with Gasteiger partial charge in [-0.15, -0.1) is 0 Å². The topological polar surface area (TPSA) is 81.7 Å². The Kier molecular flexibility index (Phi) is 8.74. The first-order valence-electron chi connectivity index (χ1n) is 12.2. The molecule has 182 valence electrons. The summed E-state index contributed by atoms with van der Waals surface area (Å²) in [5.41, 5.74) is 4.91. The predicted octanol–water partition coefficient (Wildman–Crippen LogP) is 6.92. The number of anilines is 3. The number of benzene rings is 2. The van der Waals surface area contributed by atoms with Crippen molar-refractivity contribution in [2.75, 3.05) is 22.1 Å². The smallest absolute Gasteiger partial charge is 0.328 e. The molecule has 0 aromatic heterocycles. The van der Waals surface area contributed by atoms with Crippen LogP contribution in [0.5, 0.6) is 0 Å². The number of hydrogen-bond donors (Lipinski definition) is 3.